The number of aromatic nitrogens is 3. The molecule has 3 aromatic rings. The van der Waals surface area contributed by atoms with Gasteiger partial charge < -0.3 is 0 Å². The van der Waals surface area contributed by atoms with Crippen LogP contribution in [0.4, 0.5) is 4.39 Å². The summed E-state index contributed by atoms with van der Waals surface area (Å²) in [7, 11) is 0. The lowest BCUT2D eigenvalue weighted by Gasteiger charge is -2.06. The van der Waals surface area contributed by atoms with Crippen LogP contribution in [0.5, 0.6) is 0 Å². The van der Waals surface area contributed by atoms with Gasteiger partial charge in [-0.25, -0.2) is 14.4 Å². The van der Waals surface area contributed by atoms with Crippen molar-refractivity contribution < 1.29 is 4.39 Å². The van der Waals surface area contributed by atoms with Crippen molar-refractivity contribution >= 4 is 10.9 Å². The molecule has 0 fully saturated rings. The van der Waals surface area contributed by atoms with E-state index in [9.17, 15) is 4.39 Å². The molecule has 0 amide bonds. The van der Waals surface area contributed by atoms with E-state index in [2.05, 4.69) is 15.0 Å². The van der Waals surface area contributed by atoms with Gasteiger partial charge in [-0.1, -0.05) is 13.0 Å². The summed E-state index contributed by atoms with van der Waals surface area (Å²) in [6, 6.07) is 8.58. The quantitative estimate of drug-likeness (QED) is 0.710. The standard InChI is InChI=1S/C16H14FN3/c1-3-16-19-10(2)7-15(20-16)11-8-12-13(17)5-4-6-14(12)18-9-11/h4-9H,3H2,1-2H3. The maximum Gasteiger partial charge on any atom is 0.132 e. The first-order valence-electron chi connectivity index (χ1n) is 6.56. The number of pyridine rings is 1. The average Bonchev–Trinajstić information content (AvgIpc) is 2.46. The van der Waals surface area contributed by atoms with Gasteiger partial charge in [-0.15, -0.1) is 0 Å². The Bertz CT molecular complexity index is 784. The molecule has 100 valence electrons. The molecule has 0 spiro atoms. The fourth-order valence-electron chi connectivity index (χ4n) is 2.19. The van der Waals surface area contributed by atoms with Gasteiger partial charge in [-0.3, -0.25) is 4.98 Å². The third-order valence-corrected chi connectivity index (χ3v) is 3.18. The minimum absolute atomic E-state index is 0.265. The van der Waals surface area contributed by atoms with Crippen LogP contribution < -0.4 is 0 Å². The zero-order valence-electron chi connectivity index (χ0n) is 11.4. The molecule has 3 rings (SSSR count). The number of halogens is 1. The zero-order valence-corrected chi connectivity index (χ0v) is 11.4. The second-order valence-electron chi connectivity index (χ2n) is 4.69. The maximum absolute atomic E-state index is 13.8. The SMILES string of the molecule is CCc1nc(C)cc(-c2cnc3cccc(F)c3c2)n1. The summed E-state index contributed by atoms with van der Waals surface area (Å²) in [4.78, 5) is 13.1. The van der Waals surface area contributed by atoms with Crippen molar-refractivity contribution in [3.63, 3.8) is 0 Å². The Labute approximate surface area is 116 Å². The first kappa shape index (κ1) is 12.7. The lowest BCUT2D eigenvalue weighted by Crippen LogP contribution is -1.98. The molecule has 4 heteroatoms. The van der Waals surface area contributed by atoms with Crippen molar-refractivity contribution in [2.75, 3.05) is 0 Å². The fourth-order valence-corrected chi connectivity index (χ4v) is 2.19. The van der Waals surface area contributed by atoms with Gasteiger partial charge in [0.2, 0.25) is 0 Å². The average molecular weight is 267 g/mol. The molecule has 0 atom stereocenters. The molecule has 0 aliphatic carbocycles. The summed E-state index contributed by atoms with van der Waals surface area (Å²) in [5.74, 6) is 0.520. The first-order valence-corrected chi connectivity index (χ1v) is 6.56. The Balaban J connectivity index is 2.19. The third kappa shape index (κ3) is 2.25. The number of rotatable bonds is 2. The van der Waals surface area contributed by atoms with E-state index in [1.165, 1.54) is 6.07 Å². The van der Waals surface area contributed by atoms with Crippen LogP contribution in [0.1, 0.15) is 18.4 Å². The molecular formula is C16H14FN3. The molecule has 0 unspecified atom stereocenters. The summed E-state index contributed by atoms with van der Waals surface area (Å²) in [6.07, 6.45) is 2.49. The molecule has 0 aliphatic rings. The second kappa shape index (κ2) is 4.96. The van der Waals surface area contributed by atoms with Gasteiger partial charge >= 0.3 is 0 Å². The lowest BCUT2D eigenvalue weighted by atomic mass is 10.1. The summed E-state index contributed by atoms with van der Waals surface area (Å²) in [5.41, 5.74) is 3.14. The maximum atomic E-state index is 13.8. The number of hydrogen-bond acceptors (Lipinski definition) is 3. The summed E-state index contributed by atoms with van der Waals surface area (Å²) in [5, 5.41) is 0.513. The Morgan fingerprint density at radius 3 is 2.80 bits per heavy atom. The van der Waals surface area contributed by atoms with Gasteiger partial charge in [0, 0.05) is 29.3 Å². The van der Waals surface area contributed by atoms with Gasteiger partial charge in [-0.2, -0.15) is 0 Å². The minimum atomic E-state index is -0.265. The molecule has 2 aromatic heterocycles. The van der Waals surface area contributed by atoms with E-state index in [1.54, 1.807) is 24.4 Å². The highest BCUT2D eigenvalue weighted by atomic mass is 19.1. The summed E-state index contributed by atoms with van der Waals surface area (Å²) in [6.45, 7) is 3.94. The predicted octanol–water partition coefficient (Wildman–Crippen LogP) is 3.70. The van der Waals surface area contributed by atoms with Crippen LogP contribution in [-0.2, 0) is 6.42 Å². The topological polar surface area (TPSA) is 38.7 Å². The zero-order chi connectivity index (χ0) is 14.1. The van der Waals surface area contributed by atoms with E-state index in [0.29, 0.717) is 10.9 Å². The Kier molecular flexibility index (Phi) is 3.14. The molecule has 3 nitrogen and oxygen atoms in total. The van der Waals surface area contributed by atoms with Crippen LogP contribution in [0.3, 0.4) is 0 Å². The van der Waals surface area contributed by atoms with Crippen molar-refractivity contribution in [3.05, 3.63) is 53.9 Å². The smallest absolute Gasteiger partial charge is 0.132 e. The lowest BCUT2D eigenvalue weighted by molar-refractivity contribution is 0.639. The minimum Gasteiger partial charge on any atom is -0.255 e. The van der Waals surface area contributed by atoms with Crippen LogP contribution in [0, 0.1) is 12.7 Å². The highest BCUT2D eigenvalue weighted by Crippen LogP contribution is 2.23. The molecular weight excluding hydrogens is 253 g/mol. The molecule has 0 saturated carbocycles. The molecule has 0 saturated heterocycles. The van der Waals surface area contributed by atoms with Gasteiger partial charge in [0.25, 0.3) is 0 Å². The number of aryl methyl sites for hydroxylation is 2. The molecule has 0 radical (unpaired) electrons. The van der Waals surface area contributed by atoms with E-state index >= 15 is 0 Å². The number of hydrogen-bond donors (Lipinski definition) is 0. The molecule has 2 heterocycles. The van der Waals surface area contributed by atoms with Crippen LogP contribution in [-0.4, -0.2) is 15.0 Å². The van der Waals surface area contributed by atoms with Gasteiger partial charge in [-0.05, 0) is 31.2 Å². The monoisotopic (exact) mass is 267 g/mol. The fraction of sp³-hybridized carbons (Fsp3) is 0.188. The first-order chi connectivity index (χ1) is 9.67. The Morgan fingerprint density at radius 1 is 1.15 bits per heavy atom. The Morgan fingerprint density at radius 2 is 2.00 bits per heavy atom. The van der Waals surface area contributed by atoms with Crippen LogP contribution in [0.2, 0.25) is 0 Å². The molecule has 20 heavy (non-hydrogen) atoms. The highest BCUT2D eigenvalue weighted by molar-refractivity contribution is 5.83. The van der Waals surface area contributed by atoms with Crippen molar-refractivity contribution in [3.8, 4) is 11.3 Å². The van der Waals surface area contributed by atoms with E-state index in [-0.39, 0.29) is 5.82 Å². The number of nitrogens with zero attached hydrogens (tertiary/aromatic N) is 3. The third-order valence-electron chi connectivity index (χ3n) is 3.18. The largest absolute Gasteiger partial charge is 0.255 e. The van der Waals surface area contributed by atoms with E-state index < -0.39 is 0 Å². The van der Waals surface area contributed by atoms with Crippen LogP contribution >= 0.6 is 0 Å². The molecule has 0 aliphatic heterocycles. The van der Waals surface area contributed by atoms with Crippen LogP contribution in [0.15, 0.2) is 36.5 Å². The molecule has 1 aromatic carbocycles. The van der Waals surface area contributed by atoms with Crippen molar-refractivity contribution in [2.24, 2.45) is 0 Å². The van der Waals surface area contributed by atoms with E-state index in [1.807, 2.05) is 19.9 Å². The number of fused-ring (bicyclic) bond motifs is 1. The summed E-state index contributed by atoms with van der Waals surface area (Å²) >= 11 is 0. The second-order valence-corrected chi connectivity index (χ2v) is 4.69. The van der Waals surface area contributed by atoms with Gasteiger partial charge in [0.15, 0.2) is 0 Å². The van der Waals surface area contributed by atoms with E-state index in [4.69, 9.17) is 0 Å². The van der Waals surface area contributed by atoms with E-state index in [0.717, 1.165) is 29.2 Å². The van der Waals surface area contributed by atoms with Crippen molar-refractivity contribution in [2.45, 2.75) is 20.3 Å². The van der Waals surface area contributed by atoms with Gasteiger partial charge in [0.05, 0.1) is 11.2 Å². The summed E-state index contributed by atoms with van der Waals surface area (Å²) < 4.78 is 13.8. The molecule has 0 bridgehead atoms. The molecule has 0 N–H and O–H groups in total. The van der Waals surface area contributed by atoms with Gasteiger partial charge in [0.1, 0.15) is 11.6 Å². The Hall–Kier alpha value is -2.36. The highest BCUT2D eigenvalue weighted by Gasteiger charge is 2.07. The van der Waals surface area contributed by atoms with Crippen molar-refractivity contribution in [1.82, 2.24) is 15.0 Å². The predicted molar refractivity (Wildman–Crippen MR) is 76.8 cm³/mol. The normalized spacial score (nSPS) is 10.9. The van der Waals surface area contributed by atoms with Crippen molar-refractivity contribution in [1.29, 1.82) is 0 Å². The van der Waals surface area contributed by atoms with Crippen LogP contribution in [0.25, 0.3) is 22.2 Å². The number of benzene rings is 1.